The Labute approximate surface area is 107 Å². The summed E-state index contributed by atoms with van der Waals surface area (Å²) >= 11 is 11.7. The van der Waals surface area contributed by atoms with Gasteiger partial charge in [0.15, 0.2) is 0 Å². The molecule has 0 radical (unpaired) electrons. The zero-order valence-corrected chi connectivity index (χ0v) is 10.7. The summed E-state index contributed by atoms with van der Waals surface area (Å²) in [6.45, 7) is 0. The van der Waals surface area contributed by atoms with Crippen LogP contribution in [0.2, 0.25) is 10.0 Å². The predicted molar refractivity (Wildman–Crippen MR) is 66.4 cm³/mol. The van der Waals surface area contributed by atoms with E-state index in [2.05, 4.69) is 5.10 Å². The first-order chi connectivity index (χ1) is 7.99. The second kappa shape index (κ2) is 4.43. The highest BCUT2D eigenvalue weighted by Gasteiger charge is 2.12. The van der Waals surface area contributed by atoms with Gasteiger partial charge in [0.25, 0.3) is 0 Å². The molecule has 0 bridgehead atoms. The molecule has 2 aromatic rings. The highest BCUT2D eigenvalue weighted by Crippen LogP contribution is 2.23. The van der Waals surface area contributed by atoms with Crippen molar-refractivity contribution in [3.8, 4) is 5.69 Å². The van der Waals surface area contributed by atoms with Crippen LogP contribution in [0.4, 0.5) is 6.01 Å². The number of anilines is 1. The smallest absolute Gasteiger partial charge is 0.373 e. The molecule has 0 aliphatic carbocycles. The zero-order valence-electron chi connectivity index (χ0n) is 9.15. The molecular weight excluding hydrogens is 265 g/mol. The van der Waals surface area contributed by atoms with Gasteiger partial charge in [-0.1, -0.05) is 23.2 Å². The molecule has 5 nitrogen and oxygen atoms in total. The zero-order chi connectivity index (χ0) is 12.6. The number of hydrogen-bond donors (Lipinski definition) is 0. The first kappa shape index (κ1) is 12.0. The molecule has 1 aromatic carbocycles. The molecule has 17 heavy (non-hydrogen) atoms. The van der Waals surface area contributed by atoms with E-state index in [0.29, 0.717) is 15.7 Å². The van der Waals surface area contributed by atoms with Gasteiger partial charge in [0.1, 0.15) is 0 Å². The standard InChI is InChI=1S/C10H9Cl2N3O2/c1-14(2)9-13-15(10(16)17-9)6-3-4-7(11)8(12)5-6/h3-5H,1-2H3. The minimum Gasteiger partial charge on any atom is -0.373 e. The molecule has 2 rings (SSSR count). The van der Waals surface area contributed by atoms with E-state index < -0.39 is 5.76 Å². The van der Waals surface area contributed by atoms with Crippen LogP contribution in [0, 0.1) is 0 Å². The van der Waals surface area contributed by atoms with Crippen LogP contribution in [-0.4, -0.2) is 23.9 Å². The monoisotopic (exact) mass is 273 g/mol. The summed E-state index contributed by atoms with van der Waals surface area (Å²) in [7, 11) is 3.45. The van der Waals surface area contributed by atoms with E-state index in [1.165, 1.54) is 0 Å². The van der Waals surface area contributed by atoms with E-state index in [-0.39, 0.29) is 6.01 Å². The maximum absolute atomic E-state index is 11.6. The van der Waals surface area contributed by atoms with Crippen LogP contribution in [0.5, 0.6) is 0 Å². The van der Waals surface area contributed by atoms with Gasteiger partial charge in [-0.05, 0) is 18.2 Å². The van der Waals surface area contributed by atoms with Gasteiger partial charge in [-0.2, -0.15) is 4.68 Å². The van der Waals surface area contributed by atoms with Gasteiger partial charge in [0.05, 0.1) is 15.7 Å². The minimum atomic E-state index is -0.577. The summed E-state index contributed by atoms with van der Waals surface area (Å²) in [6.07, 6.45) is 0. The number of benzene rings is 1. The van der Waals surface area contributed by atoms with Crippen LogP contribution in [0.15, 0.2) is 27.4 Å². The van der Waals surface area contributed by atoms with Crippen LogP contribution in [0.3, 0.4) is 0 Å². The maximum Gasteiger partial charge on any atom is 0.443 e. The van der Waals surface area contributed by atoms with Crippen LogP contribution < -0.4 is 10.7 Å². The molecule has 0 N–H and O–H groups in total. The minimum absolute atomic E-state index is 0.223. The van der Waals surface area contributed by atoms with E-state index in [0.717, 1.165) is 4.68 Å². The summed E-state index contributed by atoms with van der Waals surface area (Å²) < 4.78 is 6.07. The fourth-order valence-electron chi connectivity index (χ4n) is 1.23. The van der Waals surface area contributed by atoms with Gasteiger partial charge in [-0.3, -0.25) is 0 Å². The number of aromatic nitrogens is 2. The van der Waals surface area contributed by atoms with Crippen molar-refractivity contribution in [2.24, 2.45) is 0 Å². The Bertz CT molecular complexity index is 604. The molecule has 0 aliphatic rings. The van der Waals surface area contributed by atoms with Crippen molar-refractivity contribution in [2.45, 2.75) is 0 Å². The molecule has 0 atom stereocenters. The van der Waals surface area contributed by atoms with Crippen molar-refractivity contribution in [1.29, 1.82) is 0 Å². The molecule has 1 aromatic heterocycles. The Morgan fingerprint density at radius 1 is 1.29 bits per heavy atom. The molecule has 0 unspecified atom stereocenters. The Balaban J connectivity index is 2.53. The average Bonchev–Trinajstić information content (AvgIpc) is 2.65. The van der Waals surface area contributed by atoms with Crippen LogP contribution in [-0.2, 0) is 0 Å². The summed E-state index contributed by atoms with van der Waals surface area (Å²) in [5.41, 5.74) is 0.501. The molecular formula is C10H9Cl2N3O2. The lowest BCUT2D eigenvalue weighted by atomic mass is 10.3. The van der Waals surface area contributed by atoms with E-state index in [1.807, 2.05) is 0 Å². The highest BCUT2D eigenvalue weighted by molar-refractivity contribution is 6.42. The van der Waals surface area contributed by atoms with Gasteiger partial charge < -0.3 is 9.32 Å². The van der Waals surface area contributed by atoms with Crippen molar-refractivity contribution in [3.05, 3.63) is 38.8 Å². The van der Waals surface area contributed by atoms with Crippen molar-refractivity contribution >= 4 is 29.2 Å². The van der Waals surface area contributed by atoms with Crippen LogP contribution in [0.25, 0.3) is 5.69 Å². The van der Waals surface area contributed by atoms with Crippen molar-refractivity contribution in [1.82, 2.24) is 9.78 Å². The van der Waals surface area contributed by atoms with Gasteiger partial charge >= 0.3 is 11.8 Å². The fourth-order valence-corrected chi connectivity index (χ4v) is 1.52. The summed E-state index contributed by atoms with van der Waals surface area (Å²) in [5, 5.41) is 4.78. The molecule has 1 heterocycles. The van der Waals surface area contributed by atoms with E-state index in [4.69, 9.17) is 27.6 Å². The normalized spacial score (nSPS) is 10.6. The SMILES string of the molecule is CN(C)c1nn(-c2ccc(Cl)c(Cl)c2)c(=O)o1. The Kier molecular flexibility index (Phi) is 3.13. The third kappa shape index (κ3) is 2.30. The third-order valence-electron chi connectivity index (χ3n) is 2.07. The molecule has 90 valence electrons. The van der Waals surface area contributed by atoms with E-state index in [9.17, 15) is 4.79 Å². The Hall–Kier alpha value is -1.46. The van der Waals surface area contributed by atoms with E-state index >= 15 is 0 Å². The predicted octanol–water partition coefficient (Wildman–Crippen LogP) is 2.20. The quantitative estimate of drug-likeness (QED) is 0.842. The topological polar surface area (TPSA) is 51.3 Å². The lowest BCUT2D eigenvalue weighted by Crippen LogP contribution is -2.13. The second-order valence-corrected chi connectivity index (χ2v) is 4.37. The van der Waals surface area contributed by atoms with Crippen molar-refractivity contribution < 1.29 is 4.42 Å². The Morgan fingerprint density at radius 2 is 2.00 bits per heavy atom. The van der Waals surface area contributed by atoms with E-state index in [1.54, 1.807) is 37.2 Å². The first-order valence-electron chi connectivity index (χ1n) is 4.72. The first-order valence-corrected chi connectivity index (χ1v) is 5.47. The molecule has 0 saturated heterocycles. The lowest BCUT2D eigenvalue weighted by molar-refractivity contribution is 0.505. The van der Waals surface area contributed by atoms with Gasteiger partial charge in [0.2, 0.25) is 0 Å². The molecule has 0 amide bonds. The van der Waals surface area contributed by atoms with Crippen molar-refractivity contribution in [2.75, 3.05) is 19.0 Å². The second-order valence-electron chi connectivity index (χ2n) is 3.56. The summed E-state index contributed by atoms with van der Waals surface area (Å²) in [6, 6.07) is 5.00. The molecule has 0 spiro atoms. The highest BCUT2D eigenvalue weighted by atomic mass is 35.5. The number of hydrogen-bond acceptors (Lipinski definition) is 4. The average molecular weight is 274 g/mol. The number of nitrogens with zero attached hydrogens (tertiary/aromatic N) is 3. The summed E-state index contributed by atoms with van der Waals surface area (Å²) in [4.78, 5) is 13.2. The van der Waals surface area contributed by atoms with Crippen LogP contribution >= 0.6 is 23.2 Å². The van der Waals surface area contributed by atoms with Gasteiger partial charge in [-0.15, -0.1) is 5.10 Å². The van der Waals surface area contributed by atoms with Crippen LogP contribution in [0.1, 0.15) is 0 Å². The largest absolute Gasteiger partial charge is 0.443 e. The third-order valence-corrected chi connectivity index (χ3v) is 2.81. The summed E-state index contributed by atoms with van der Waals surface area (Å²) in [5.74, 6) is -0.577. The number of halogens is 2. The fraction of sp³-hybridized carbons (Fsp3) is 0.200. The molecule has 7 heteroatoms. The van der Waals surface area contributed by atoms with Gasteiger partial charge in [-0.25, -0.2) is 4.79 Å². The lowest BCUT2D eigenvalue weighted by Gasteiger charge is -2.03. The Morgan fingerprint density at radius 3 is 2.53 bits per heavy atom. The van der Waals surface area contributed by atoms with Crippen molar-refractivity contribution in [3.63, 3.8) is 0 Å². The molecule has 0 fully saturated rings. The van der Waals surface area contributed by atoms with Gasteiger partial charge in [0, 0.05) is 14.1 Å². The maximum atomic E-state index is 11.6. The molecule has 0 aliphatic heterocycles. The molecule has 0 saturated carbocycles. The number of rotatable bonds is 2.